The third-order valence-electron chi connectivity index (χ3n) is 2.94. The van der Waals surface area contributed by atoms with E-state index in [0.717, 1.165) is 19.4 Å². The van der Waals surface area contributed by atoms with Gasteiger partial charge in [0.25, 0.3) is 0 Å². The topological polar surface area (TPSA) is 43.4 Å². The zero-order valence-corrected chi connectivity index (χ0v) is 11.2. The van der Waals surface area contributed by atoms with Gasteiger partial charge in [0.2, 0.25) is 9.05 Å². The number of unbranched alkanes of at least 4 members (excludes halogenated alkanes) is 2. The lowest BCUT2D eigenvalue weighted by Gasteiger charge is -2.21. The number of ether oxygens (including phenoxy) is 1. The lowest BCUT2D eigenvalue weighted by Crippen LogP contribution is -2.17. The van der Waals surface area contributed by atoms with Crippen LogP contribution in [0.15, 0.2) is 0 Å². The van der Waals surface area contributed by atoms with Gasteiger partial charge in [0.1, 0.15) is 0 Å². The Kier molecular flexibility index (Phi) is 6.70. The van der Waals surface area contributed by atoms with Crippen LogP contribution in [0.3, 0.4) is 0 Å². The van der Waals surface area contributed by atoms with Gasteiger partial charge in [-0.1, -0.05) is 25.7 Å². The van der Waals surface area contributed by atoms with Crippen molar-refractivity contribution in [3.63, 3.8) is 0 Å². The Balaban J connectivity index is 1.91. The third kappa shape index (κ3) is 7.47. The smallest absolute Gasteiger partial charge is 0.232 e. The van der Waals surface area contributed by atoms with Crippen LogP contribution < -0.4 is 0 Å². The van der Waals surface area contributed by atoms with E-state index in [4.69, 9.17) is 15.4 Å². The molecule has 0 spiro atoms. The van der Waals surface area contributed by atoms with E-state index in [1.807, 2.05) is 0 Å². The Labute approximate surface area is 103 Å². The van der Waals surface area contributed by atoms with Crippen molar-refractivity contribution in [2.45, 2.75) is 57.5 Å². The summed E-state index contributed by atoms with van der Waals surface area (Å²) in [7, 11) is 1.81. The third-order valence-corrected chi connectivity index (χ3v) is 4.18. The van der Waals surface area contributed by atoms with Gasteiger partial charge in [-0.15, -0.1) is 0 Å². The van der Waals surface area contributed by atoms with Gasteiger partial charge in [-0.05, 0) is 25.7 Å². The molecule has 1 aliphatic carbocycles. The maximum Gasteiger partial charge on any atom is 0.232 e. The van der Waals surface area contributed by atoms with E-state index in [-0.39, 0.29) is 5.75 Å². The quantitative estimate of drug-likeness (QED) is 0.526. The van der Waals surface area contributed by atoms with Gasteiger partial charge in [-0.3, -0.25) is 0 Å². The zero-order valence-electron chi connectivity index (χ0n) is 9.66. The Morgan fingerprint density at radius 3 is 2.38 bits per heavy atom. The summed E-state index contributed by atoms with van der Waals surface area (Å²) >= 11 is 0. The van der Waals surface area contributed by atoms with Crippen molar-refractivity contribution in [3.05, 3.63) is 0 Å². The van der Waals surface area contributed by atoms with Crippen molar-refractivity contribution in [1.82, 2.24) is 0 Å². The second kappa shape index (κ2) is 7.51. The molecule has 0 amide bonds. The van der Waals surface area contributed by atoms with E-state index < -0.39 is 9.05 Å². The molecular weight excluding hydrogens is 248 g/mol. The molecule has 5 heteroatoms. The Morgan fingerprint density at radius 2 is 1.75 bits per heavy atom. The fraction of sp³-hybridized carbons (Fsp3) is 1.00. The van der Waals surface area contributed by atoms with Gasteiger partial charge in [0.15, 0.2) is 0 Å². The molecule has 0 heterocycles. The molecule has 0 atom stereocenters. The first-order valence-corrected chi connectivity index (χ1v) is 8.60. The van der Waals surface area contributed by atoms with Crippen LogP contribution in [-0.2, 0) is 13.8 Å². The van der Waals surface area contributed by atoms with Crippen molar-refractivity contribution in [1.29, 1.82) is 0 Å². The number of rotatable bonds is 7. The van der Waals surface area contributed by atoms with Gasteiger partial charge in [0, 0.05) is 17.3 Å². The van der Waals surface area contributed by atoms with Crippen LogP contribution in [0.25, 0.3) is 0 Å². The Bertz CT molecular complexity index is 271. The van der Waals surface area contributed by atoms with Gasteiger partial charge in [0.05, 0.1) is 11.9 Å². The maximum absolute atomic E-state index is 10.6. The fourth-order valence-electron chi connectivity index (χ4n) is 2.04. The fourth-order valence-corrected chi connectivity index (χ4v) is 2.91. The summed E-state index contributed by atoms with van der Waals surface area (Å²) < 4.78 is 27.0. The van der Waals surface area contributed by atoms with E-state index in [1.165, 1.54) is 32.1 Å². The highest BCUT2D eigenvalue weighted by Crippen LogP contribution is 2.20. The van der Waals surface area contributed by atoms with Crippen molar-refractivity contribution < 1.29 is 13.2 Å². The zero-order chi connectivity index (χ0) is 11.9. The molecule has 16 heavy (non-hydrogen) atoms. The molecular formula is C11H21ClO3S. The number of hydrogen-bond acceptors (Lipinski definition) is 3. The lowest BCUT2D eigenvalue weighted by atomic mass is 9.98. The van der Waals surface area contributed by atoms with Gasteiger partial charge in [-0.2, -0.15) is 0 Å². The van der Waals surface area contributed by atoms with Crippen molar-refractivity contribution >= 4 is 19.7 Å². The van der Waals surface area contributed by atoms with E-state index in [0.29, 0.717) is 12.5 Å². The van der Waals surface area contributed by atoms with E-state index in [2.05, 4.69) is 0 Å². The van der Waals surface area contributed by atoms with Crippen molar-refractivity contribution in [2.24, 2.45) is 0 Å². The molecule has 1 fully saturated rings. The summed E-state index contributed by atoms with van der Waals surface area (Å²) in [6, 6.07) is 0. The molecule has 96 valence electrons. The number of halogens is 1. The van der Waals surface area contributed by atoms with Gasteiger partial charge >= 0.3 is 0 Å². The van der Waals surface area contributed by atoms with Gasteiger partial charge < -0.3 is 4.74 Å². The average molecular weight is 269 g/mol. The minimum atomic E-state index is -3.30. The van der Waals surface area contributed by atoms with E-state index in [1.54, 1.807) is 0 Å². The van der Waals surface area contributed by atoms with Crippen LogP contribution in [0.4, 0.5) is 0 Å². The molecule has 0 N–H and O–H groups in total. The van der Waals surface area contributed by atoms with Crippen LogP contribution in [0.2, 0.25) is 0 Å². The summed E-state index contributed by atoms with van der Waals surface area (Å²) in [6.07, 6.45) is 9.19. The van der Waals surface area contributed by atoms with Crippen LogP contribution >= 0.6 is 10.7 Å². The van der Waals surface area contributed by atoms with E-state index >= 15 is 0 Å². The van der Waals surface area contributed by atoms with Gasteiger partial charge in [-0.25, -0.2) is 8.42 Å². The predicted molar refractivity (Wildman–Crippen MR) is 66.3 cm³/mol. The first-order chi connectivity index (χ1) is 7.58. The molecule has 0 saturated heterocycles. The monoisotopic (exact) mass is 268 g/mol. The van der Waals surface area contributed by atoms with Crippen LogP contribution in [0.5, 0.6) is 0 Å². The highest BCUT2D eigenvalue weighted by molar-refractivity contribution is 8.13. The van der Waals surface area contributed by atoms with Crippen LogP contribution in [-0.4, -0.2) is 26.9 Å². The highest BCUT2D eigenvalue weighted by atomic mass is 35.7. The molecule has 0 aliphatic heterocycles. The SMILES string of the molecule is O=S(=O)(Cl)CCCCCOC1CCCCC1. The second-order valence-corrected chi connectivity index (χ2v) is 7.33. The van der Waals surface area contributed by atoms with Crippen LogP contribution in [0, 0.1) is 0 Å². The summed E-state index contributed by atoms with van der Waals surface area (Å²) in [6.45, 7) is 0.757. The normalized spacial score (nSPS) is 18.8. The molecule has 0 bridgehead atoms. The standard InChI is InChI=1S/C11H21ClO3S/c12-16(13,14)10-6-2-5-9-15-11-7-3-1-4-8-11/h11H,1-10H2. The second-order valence-electron chi connectivity index (χ2n) is 4.43. The summed E-state index contributed by atoms with van der Waals surface area (Å²) in [4.78, 5) is 0. The summed E-state index contributed by atoms with van der Waals surface area (Å²) in [5, 5.41) is 0. The maximum atomic E-state index is 10.6. The highest BCUT2D eigenvalue weighted by Gasteiger charge is 2.13. The molecule has 1 rings (SSSR count). The van der Waals surface area contributed by atoms with E-state index in [9.17, 15) is 8.42 Å². The molecule has 0 aromatic heterocycles. The number of hydrogen-bond donors (Lipinski definition) is 0. The molecule has 1 aliphatic rings. The molecule has 3 nitrogen and oxygen atoms in total. The van der Waals surface area contributed by atoms with Crippen LogP contribution in [0.1, 0.15) is 51.4 Å². The summed E-state index contributed by atoms with van der Waals surface area (Å²) in [5.41, 5.74) is 0. The lowest BCUT2D eigenvalue weighted by molar-refractivity contribution is 0.0264. The Morgan fingerprint density at radius 1 is 1.06 bits per heavy atom. The largest absolute Gasteiger partial charge is 0.378 e. The van der Waals surface area contributed by atoms with Crippen molar-refractivity contribution in [3.8, 4) is 0 Å². The predicted octanol–water partition coefficient (Wildman–Crippen LogP) is 3.07. The minimum Gasteiger partial charge on any atom is -0.378 e. The molecule has 0 radical (unpaired) electrons. The molecule has 0 aromatic rings. The first-order valence-electron chi connectivity index (χ1n) is 6.12. The first kappa shape index (κ1) is 14.3. The molecule has 0 aromatic carbocycles. The molecule has 1 saturated carbocycles. The average Bonchev–Trinajstić information content (AvgIpc) is 2.23. The Hall–Kier alpha value is 0.200. The summed E-state index contributed by atoms with van der Waals surface area (Å²) in [5.74, 6) is 0.0813. The molecule has 0 unspecified atom stereocenters. The minimum absolute atomic E-state index is 0.0813. The van der Waals surface area contributed by atoms with Crippen molar-refractivity contribution in [2.75, 3.05) is 12.4 Å².